The monoisotopic (exact) mass is 379 g/mol. The van der Waals surface area contributed by atoms with Crippen molar-refractivity contribution in [2.24, 2.45) is 0 Å². The molecule has 28 heavy (non-hydrogen) atoms. The van der Waals surface area contributed by atoms with Crippen LogP contribution in [0.2, 0.25) is 0 Å². The third-order valence-corrected chi connectivity index (χ3v) is 4.15. The highest BCUT2D eigenvalue weighted by Crippen LogP contribution is 2.17. The fraction of sp³-hybridized carbons (Fsp3) is 0.238. The zero-order chi connectivity index (χ0) is 19.9. The number of ether oxygens (including phenoxy) is 1. The van der Waals surface area contributed by atoms with Gasteiger partial charge in [-0.05, 0) is 29.7 Å². The van der Waals surface area contributed by atoms with Gasteiger partial charge >= 0.3 is 5.97 Å². The van der Waals surface area contributed by atoms with Crippen molar-refractivity contribution in [1.82, 2.24) is 15.5 Å². The van der Waals surface area contributed by atoms with Gasteiger partial charge in [0.05, 0.1) is 5.56 Å². The van der Waals surface area contributed by atoms with E-state index in [2.05, 4.69) is 22.4 Å². The summed E-state index contributed by atoms with van der Waals surface area (Å²) in [5, 5.41) is 6.62. The van der Waals surface area contributed by atoms with Crippen molar-refractivity contribution in [3.63, 3.8) is 0 Å². The standard InChI is InChI=1S/C21H21N3O4/c1-3-15-4-8-17(9-5-15)20-23-19(28-24-20)13-27-21(26)18-10-6-16(7-11-18)12-22-14(2)25/h4-11H,3,12-13H2,1-2H3,(H,22,25). The first-order valence-corrected chi connectivity index (χ1v) is 8.97. The molecule has 3 rings (SSSR count). The molecule has 7 nitrogen and oxygen atoms in total. The lowest BCUT2D eigenvalue weighted by Crippen LogP contribution is -2.18. The SMILES string of the molecule is CCc1ccc(-c2noc(COC(=O)c3ccc(CNC(C)=O)cc3)n2)cc1. The van der Waals surface area contributed by atoms with E-state index in [9.17, 15) is 9.59 Å². The van der Waals surface area contributed by atoms with Gasteiger partial charge in [-0.3, -0.25) is 4.79 Å². The molecule has 0 saturated carbocycles. The van der Waals surface area contributed by atoms with Crippen molar-refractivity contribution in [3.05, 3.63) is 71.1 Å². The first-order chi connectivity index (χ1) is 13.5. The van der Waals surface area contributed by atoms with E-state index in [0.29, 0.717) is 17.9 Å². The fourth-order valence-electron chi connectivity index (χ4n) is 2.52. The van der Waals surface area contributed by atoms with Gasteiger partial charge in [-0.1, -0.05) is 48.5 Å². The first kappa shape index (κ1) is 19.3. The van der Waals surface area contributed by atoms with Crippen molar-refractivity contribution >= 4 is 11.9 Å². The smallest absolute Gasteiger partial charge is 0.338 e. The Hall–Kier alpha value is -3.48. The maximum atomic E-state index is 12.2. The number of carbonyl (C=O) groups is 2. The molecule has 0 spiro atoms. The van der Waals surface area contributed by atoms with Crippen molar-refractivity contribution in [2.45, 2.75) is 33.4 Å². The van der Waals surface area contributed by atoms with Gasteiger partial charge in [0.2, 0.25) is 11.7 Å². The summed E-state index contributed by atoms with van der Waals surface area (Å²) in [5.74, 6) is 0.0862. The average Bonchev–Trinajstić information content (AvgIpc) is 3.20. The van der Waals surface area contributed by atoms with E-state index in [1.54, 1.807) is 24.3 Å². The Morgan fingerprint density at radius 3 is 2.36 bits per heavy atom. The van der Waals surface area contributed by atoms with Crippen LogP contribution in [0.3, 0.4) is 0 Å². The van der Waals surface area contributed by atoms with Crippen molar-refractivity contribution in [2.75, 3.05) is 0 Å². The number of hydrogen-bond donors (Lipinski definition) is 1. The zero-order valence-electron chi connectivity index (χ0n) is 15.8. The lowest BCUT2D eigenvalue weighted by molar-refractivity contribution is -0.119. The van der Waals surface area contributed by atoms with E-state index in [0.717, 1.165) is 17.5 Å². The minimum Gasteiger partial charge on any atom is -0.452 e. The van der Waals surface area contributed by atoms with Gasteiger partial charge < -0.3 is 14.6 Å². The highest BCUT2D eigenvalue weighted by atomic mass is 16.6. The molecule has 144 valence electrons. The molecule has 0 fully saturated rings. The predicted octanol–water partition coefficient (Wildman–Crippen LogP) is 3.29. The molecule has 0 unspecified atom stereocenters. The van der Waals surface area contributed by atoms with E-state index in [1.807, 2.05) is 24.3 Å². The Balaban J connectivity index is 1.55. The van der Waals surface area contributed by atoms with Gasteiger partial charge in [0.1, 0.15) is 0 Å². The summed E-state index contributed by atoms with van der Waals surface area (Å²) in [6, 6.07) is 14.7. The quantitative estimate of drug-likeness (QED) is 0.633. The number of aromatic nitrogens is 2. The molecule has 1 amide bonds. The second kappa shape index (κ2) is 8.94. The topological polar surface area (TPSA) is 94.3 Å². The van der Waals surface area contributed by atoms with Crippen LogP contribution in [0.5, 0.6) is 0 Å². The molecule has 0 atom stereocenters. The molecular formula is C21H21N3O4. The number of esters is 1. The molecule has 7 heteroatoms. The largest absolute Gasteiger partial charge is 0.452 e. The summed E-state index contributed by atoms with van der Waals surface area (Å²) < 4.78 is 10.4. The number of nitrogens with one attached hydrogen (secondary N) is 1. The third kappa shape index (κ3) is 5.03. The molecule has 0 saturated heterocycles. The van der Waals surface area contributed by atoms with Crippen LogP contribution < -0.4 is 5.32 Å². The van der Waals surface area contributed by atoms with Crippen molar-refractivity contribution in [1.29, 1.82) is 0 Å². The molecule has 0 aliphatic carbocycles. The lowest BCUT2D eigenvalue weighted by Gasteiger charge is -2.05. The van der Waals surface area contributed by atoms with Crippen LogP contribution >= 0.6 is 0 Å². The van der Waals surface area contributed by atoms with Gasteiger partial charge in [0.15, 0.2) is 6.61 Å². The van der Waals surface area contributed by atoms with Gasteiger partial charge in [-0.15, -0.1) is 0 Å². The van der Waals surface area contributed by atoms with Crippen molar-refractivity contribution < 1.29 is 18.8 Å². The number of amides is 1. The van der Waals surface area contributed by atoms with E-state index in [-0.39, 0.29) is 18.4 Å². The van der Waals surface area contributed by atoms with Gasteiger partial charge in [-0.2, -0.15) is 4.98 Å². The second-order valence-electron chi connectivity index (χ2n) is 6.24. The predicted molar refractivity (Wildman–Crippen MR) is 102 cm³/mol. The number of benzene rings is 2. The van der Waals surface area contributed by atoms with Crippen molar-refractivity contribution in [3.8, 4) is 11.4 Å². The van der Waals surface area contributed by atoms with Crippen LogP contribution in [0.1, 0.15) is 41.2 Å². The summed E-state index contributed by atoms with van der Waals surface area (Å²) >= 11 is 0. The third-order valence-electron chi connectivity index (χ3n) is 4.15. The Morgan fingerprint density at radius 2 is 1.71 bits per heavy atom. The van der Waals surface area contributed by atoms with Gasteiger partial charge in [0.25, 0.3) is 5.89 Å². The van der Waals surface area contributed by atoms with E-state index in [1.165, 1.54) is 12.5 Å². The van der Waals surface area contributed by atoms with Crippen LogP contribution in [-0.2, 0) is 29.1 Å². The maximum absolute atomic E-state index is 12.2. The van der Waals surface area contributed by atoms with Crippen LogP contribution in [0, 0.1) is 0 Å². The first-order valence-electron chi connectivity index (χ1n) is 8.97. The zero-order valence-corrected chi connectivity index (χ0v) is 15.8. The highest BCUT2D eigenvalue weighted by Gasteiger charge is 2.12. The van der Waals surface area contributed by atoms with E-state index in [4.69, 9.17) is 9.26 Å². The number of rotatable bonds is 7. The van der Waals surface area contributed by atoms with Crippen LogP contribution in [0.25, 0.3) is 11.4 Å². The molecular weight excluding hydrogens is 358 g/mol. The summed E-state index contributed by atoms with van der Waals surface area (Å²) in [4.78, 5) is 27.4. The molecule has 2 aromatic carbocycles. The van der Waals surface area contributed by atoms with Crippen LogP contribution in [0.4, 0.5) is 0 Å². The van der Waals surface area contributed by atoms with Gasteiger partial charge in [-0.25, -0.2) is 4.79 Å². The highest BCUT2D eigenvalue weighted by molar-refractivity contribution is 5.89. The van der Waals surface area contributed by atoms with Gasteiger partial charge in [0, 0.05) is 19.0 Å². The van der Waals surface area contributed by atoms with Crippen LogP contribution in [0.15, 0.2) is 53.1 Å². The normalized spacial score (nSPS) is 10.5. The number of aryl methyl sites for hydroxylation is 1. The maximum Gasteiger partial charge on any atom is 0.338 e. The minimum atomic E-state index is -0.488. The van der Waals surface area contributed by atoms with Crippen LogP contribution in [-0.4, -0.2) is 22.0 Å². The number of hydrogen-bond acceptors (Lipinski definition) is 6. The average molecular weight is 379 g/mol. The van der Waals surface area contributed by atoms with E-state index < -0.39 is 5.97 Å². The molecule has 0 bridgehead atoms. The molecule has 1 aromatic heterocycles. The molecule has 1 heterocycles. The fourth-order valence-corrected chi connectivity index (χ4v) is 2.52. The molecule has 0 radical (unpaired) electrons. The molecule has 0 aliphatic rings. The number of nitrogens with zero attached hydrogens (tertiary/aromatic N) is 2. The number of carbonyl (C=O) groups excluding carboxylic acids is 2. The summed E-state index contributed by atoms with van der Waals surface area (Å²) in [6.45, 7) is 3.85. The molecule has 0 aliphatic heterocycles. The Kier molecular flexibility index (Phi) is 6.16. The lowest BCUT2D eigenvalue weighted by atomic mass is 10.1. The Labute approximate surface area is 162 Å². The Bertz CT molecular complexity index is 947. The molecule has 1 N–H and O–H groups in total. The molecule has 3 aromatic rings. The summed E-state index contributed by atoms with van der Waals surface area (Å²) in [7, 11) is 0. The summed E-state index contributed by atoms with van der Waals surface area (Å²) in [5.41, 5.74) is 3.36. The second-order valence-corrected chi connectivity index (χ2v) is 6.24. The van der Waals surface area contributed by atoms with E-state index >= 15 is 0 Å². The summed E-state index contributed by atoms with van der Waals surface area (Å²) in [6.07, 6.45) is 0.960. The minimum absolute atomic E-state index is 0.105. The Morgan fingerprint density at radius 1 is 1.04 bits per heavy atom.